The first kappa shape index (κ1) is 21.8. The fourth-order valence-corrected chi connectivity index (χ4v) is 4.26. The Kier molecular flexibility index (Phi) is 6.36. The Morgan fingerprint density at radius 1 is 1.03 bits per heavy atom. The van der Waals surface area contributed by atoms with Crippen LogP contribution in [0.3, 0.4) is 0 Å². The van der Waals surface area contributed by atoms with Crippen molar-refractivity contribution in [3.63, 3.8) is 0 Å². The van der Waals surface area contributed by atoms with Crippen LogP contribution in [0.1, 0.15) is 23.9 Å². The summed E-state index contributed by atoms with van der Waals surface area (Å²) < 4.78 is 3.85. The molecule has 0 aliphatic carbocycles. The highest BCUT2D eigenvalue weighted by molar-refractivity contribution is 7.99. The van der Waals surface area contributed by atoms with E-state index in [1.807, 2.05) is 73.3 Å². The molecule has 0 fully saturated rings. The molecule has 1 amide bonds. The summed E-state index contributed by atoms with van der Waals surface area (Å²) in [5, 5.41) is 16.9. The van der Waals surface area contributed by atoms with Gasteiger partial charge in [0, 0.05) is 24.5 Å². The van der Waals surface area contributed by atoms with E-state index in [4.69, 9.17) is 0 Å². The van der Waals surface area contributed by atoms with E-state index in [-0.39, 0.29) is 11.7 Å². The van der Waals surface area contributed by atoms with Crippen molar-refractivity contribution in [3.05, 3.63) is 65.7 Å². The Balaban J connectivity index is 1.46. The maximum absolute atomic E-state index is 12.7. The third kappa shape index (κ3) is 4.43. The molecule has 1 N–H and O–H groups in total. The Labute approximate surface area is 191 Å². The Hall–Kier alpha value is -3.46. The lowest BCUT2D eigenvalue weighted by molar-refractivity contribution is -0.113. The normalized spacial score (nSPS) is 11.0. The summed E-state index contributed by atoms with van der Waals surface area (Å²) in [6.45, 7) is 8.64. The van der Waals surface area contributed by atoms with Crippen LogP contribution in [0.25, 0.3) is 17.1 Å². The topological polar surface area (TPSA) is 90.5 Å². The lowest BCUT2D eigenvalue weighted by Crippen LogP contribution is -2.16. The van der Waals surface area contributed by atoms with Crippen molar-refractivity contribution in [2.24, 2.45) is 0 Å². The molecule has 3 aromatic heterocycles. The van der Waals surface area contributed by atoms with Crippen molar-refractivity contribution < 1.29 is 4.79 Å². The second-order valence-corrected chi connectivity index (χ2v) is 8.36. The first-order valence-corrected chi connectivity index (χ1v) is 11.4. The van der Waals surface area contributed by atoms with Gasteiger partial charge in [-0.25, -0.2) is 4.68 Å². The maximum atomic E-state index is 12.7. The molecule has 0 radical (unpaired) electrons. The summed E-state index contributed by atoms with van der Waals surface area (Å²) in [7, 11) is 0. The second-order valence-electron chi connectivity index (χ2n) is 7.42. The molecule has 0 saturated heterocycles. The minimum absolute atomic E-state index is 0.110. The van der Waals surface area contributed by atoms with E-state index in [9.17, 15) is 4.79 Å². The minimum Gasteiger partial charge on any atom is -0.322 e. The summed E-state index contributed by atoms with van der Waals surface area (Å²) in [5.74, 6) is 0.882. The predicted molar refractivity (Wildman–Crippen MR) is 126 cm³/mol. The van der Waals surface area contributed by atoms with Crippen LogP contribution in [-0.2, 0) is 11.3 Å². The quantitative estimate of drug-likeness (QED) is 0.427. The SMILES string of the molecule is CCn1c(SCC(=O)Nc2c(C)nn(-c3ccc(C)cc3)c2C)nnc1-c1ccncc1. The Morgan fingerprint density at radius 2 is 1.75 bits per heavy atom. The van der Waals surface area contributed by atoms with Gasteiger partial charge in [-0.3, -0.25) is 9.78 Å². The molecule has 0 unspecified atom stereocenters. The number of nitrogens with zero attached hydrogens (tertiary/aromatic N) is 6. The van der Waals surface area contributed by atoms with Crippen molar-refractivity contribution in [2.45, 2.75) is 39.4 Å². The summed E-state index contributed by atoms with van der Waals surface area (Å²) in [6.07, 6.45) is 3.46. The van der Waals surface area contributed by atoms with Crippen molar-refractivity contribution in [1.29, 1.82) is 0 Å². The smallest absolute Gasteiger partial charge is 0.234 e. The molecule has 4 rings (SSSR count). The average Bonchev–Trinajstić information content (AvgIpc) is 3.34. The molecule has 9 heteroatoms. The van der Waals surface area contributed by atoms with E-state index in [2.05, 4.69) is 25.6 Å². The summed E-state index contributed by atoms with van der Waals surface area (Å²) in [6, 6.07) is 11.9. The molecule has 0 aliphatic heterocycles. The van der Waals surface area contributed by atoms with Gasteiger partial charge < -0.3 is 9.88 Å². The molecule has 0 saturated carbocycles. The van der Waals surface area contributed by atoms with Crippen LogP contribution in [0.15, 0.2) is 53.9 Å². The highest BCUT2D eigenvalue weighted by Gasteiger charge is 2.18. The monoisotopic (exact) mass is 447 g/mol. The molecular weight excluding hydrogens is 422 g/mol. The number of aryl methyl sites for hydroxylation is 2. The molecule has 0 aliphatic rings. The van der Waals surface area contributed by atoms with Crippen LogP contribution in [0.4, 0.5) is 5.69 Å². The van der Waals surface area contributed by atoms with E-state index in [1.165, 1.54) is 17.3 Å². The number of hydrogen-bond acceptors (Lipinski definition) is 6. The van der Waals surface area contributed by atoms with Gasteiger partial charge in [-0.2, -0.15) is 5.10 Å². The third-order valence-electron chi connectivity index (χ3n) is 5.14. The number of carbonyl (C=O) groups excluding carboxylic acids is 1. The molecule has 3 heterocycles. The van der Waals surface area contributed by atoms with Gasteiger partial charge in [-0.15, -0.1) is 10.2 Å². The predicted octanol–water partition coefficient (Wildman–Crippen LogP) is 4.20. The van der Waals surface area contributed by atoms with Crippen molar-refractivity contribution in [1.82, 2.24) is 29.5 Å². The van der Waals surface area contributed by atoms with E-state index in [0.717, 1.165) is 34.2 Å². The summed E-state index contributed by atoms with van der Waals surface area (Å²) >= 11 is 1.37. The highest BCUT2D eigenvalue weighted by Crippen LogP contribution is 2.26. The number of carbonyl (C=O) groups is 1. The van der Waals surface area contributed by atoms with Crippen molar-refractivity contribution in [2.75, 3.05) is 11.1 Å². The zero-order chi connectivity index (χ0) is 22.7. The van der Waals surface area contributed by atoms with Crippen LogP contribution in [0.5, 0.6) is 0 Å². The largest absolute Gasteiger partial charge is 0.322 e. The van der Waals surface area contributed by atoms with E-state index in [0.29, 0.717) is 11.7 Å². The maximum Gasteiger partial charge on any atom is 0.234 e. The van der Waals surface area contributed by atoms with Crippen LogP contribution in [0, 0.1) is 20.8 Å². The van der Waals surface area contributed by atoms with Crippen molar-refractivity contribution in [3.8, 4) is 17.1 Å². The lowest BCUT2D eigenvalue weighted by atomic mass is 10.2. The zero-order valence-electron chi connectivity index (χ0n) is 18.5. The van der Waals surface area contributed by atoms with Crippen LogP contribution < -0.4 is 5.32 Å². The number of amides is 1. The molecule has 0 atom stereocenters. The molecular formula is C23H25N7OS. The molecule has 4 aromatic rings. The molecule has 32 heavy (non-hydrogen) atoms. The first-order chi connectivity index (χ1) is 15.5. The second kappa shape index (κ2) is 9.35. The standard InChI is InChI=1S/C23H25N7OS/c1-5-29-22(18-10-12-24-13-11-18)26-27-23(29)32-14-20(31)25-21-16(3)28-30(17(21)4)19-8-6-15(2)7-9-19/h6-13H,5,14H2,1-4H3,(H,25,31). The fraction of sp³-hybridized carbons (Fsp3) is 0.261. The number of anilines is 1. The van der Waals surface area contributed by atoms with Gasteiger partial charge >= 0.3 is 0 Å². The van der Waals surface area contributed by atoms with Gasteiger partial charge in [0.15, 0.2) is 11.0 Å². The Morgan fingerprint density at radius 3 is 2.44 bits per heavy atom. The van der Waals surface area contributed by atoms with Crippen LogP contribution in [0.2, 0.25) is 0 Å². The number of nitrogens with one attached hydrogen (secondary N) is 1. The summed E-state index contributed by atoms with van der Waals surface area (Å²) in [5.41, 5.74) is 5.50. The molecule has 0 spiro atoms. The van der Waals surface area contributed by atoms with E-state index in [1.54, 1.807) is 12.4 Å². The van der Waals surface area contributed by atoms with Gasteiger partial charge in [-0.05, 0) is 52.0 Å². The van der Waals surface area contributed by atoms with Gasteiger partial charge in [-0.1, -0.05) is 29.5 Å². The highest BCUT2D eigenvalue weighted by atomic mass is 32.2. The number of hydrogen-bond donors (Lipinski definition) is 1. The van der Waals surface area contributed by atoms with Crippen LogP contribution in [-0.4, -0.2) is 41.2 Å². The van der Waals surface area contributed by atoms with Gasteiger partial charge in [0.25, 0.3) is 0 Å². The van der Waals surface area contributed by atoms with Crippen molar-refractivity contribution >= 4 is 23.4 Å². The molecule has 164 valence electrons. The van der Waals surface area contributed by atoms with Crippen LogP contribution >= 0.6 is 11.8 Å². The van der Waals surface area contributed by atoms with Gasteiger partial charge in [0.2, 0.25) is 5.91 Å². The average molecular weight is 448 g/mol. The molecule has 1 aromatic carbocycles. The number of aromatic nitrogens is 6. The fourth-order valence-electron chi connectivity index (χ4n) is 3.46. The molecule has 8 nitrogen and oxygen atoms in total. The number of rotatable bonds is 7. The number of benzene rings is 1. The van der Waals surface area contributed by atoms with Gasteiger partial charge in [0.05, 0.1) is 28.5 Å². The zero-order valence-corrected chi connectivity index (χ0v) is 19.3. The number of thioether (sulfide) groups is 1. The minimum atomic E-state index is -0.110. The Bertz CT molecular complexity index is 1230. The molecule has 0 bridgehead atoms. The first-order valence-electron chi connectivity index (χ1n) is 10.4. The van der Waals surface area contributed by atoms with Gasteiger partial charge in [0.1, 0.15) is 0 Å². The third-order valence-corrected chi connectivity index (χ3v) is 6.10. The summed E-state index contributed by atoms with van der Waals surface area (Å²) in [4.78, 5) is 16.8. The lowest BCUT2D eigenvalue weighted by Gasteiger charge is -2.09. The number of pyridine rings is 1. The van der Waals surface area contributed by atoms with E-state index < -0.39 is 0 Å². The van der Waals surface area contributed by atoms with E-state index >= 15 is 0 Å².